The van der Waals surface area contributed by atoms with Gasteiger partial charge < -0.3 is 10.6 Å². The van der Waals surface area contributed by atoms with Crippen molar-refractivity contribution in [3.63, 3.8) is 0 Å². The van der Waals surface area contributed by atoms with Crippen molar-refractivity contribution < 1.29 is 0 Å². The first kappa shape index (κ1) is 15.7. The summed E-state index contributed by atoms with van der Waals surface area (Å²) in [6.07, 6.45) is 5.48. The molecule has 0 aliphatic heterocycles. The van der Waals surface area contributed by atoms with Crippen LogP contribution in [0.15, 0.2) is 0 Å². The van der Waals surface area contributed by atoms with E-state index in [1.165, 1.54) is 12.8 Å². The van der Waals surface area contributed by atoms with Gasteiger partial charge in [-0.1, -0.05) is 27.2 Å². The van der Waals surface area contributed by atoms with Gasteiger partial charge in [0.05, 0.1) is 0 Å². The van der Waals surface area contributed by atoms with Gasteiger partial charge in [-0.3, -0.25) is 0 Å². The lowest BCUT2D eigenvalue weighted by Crippen LogP contribution is -2.20. The van der Waals surface area contributed by atoms with Crippen LogP contribution in [0, 0.1) is 6.92 Å². The molecule has 4 heteroatoms. The van der Waals surface area contributed by atoms with Crippen LogP contribution in [0.5, 0.6) is 0 Å². The lowest BCUT2D eigenvalue weighted by molar-refractivity contribution is 0.619. The van der Waals surface area contributed by atoms with Crippen LogP contribution < -0.4 is 10.6 Å². The van der Waals surface area contributed by atoms with Crippen LogP contribution in [0.1, 0.15) is 57.8 Å². The number of nitrogens with zero attached hydrogens (tertiary/aromatic N) is 2. The molecule has 1 unspecified atom stereocenters. The Balaban J connectivity index is 2.99. The first-order chi connectivity index (χ1) is 9.15. The predicted molar refractivity (Wildman–Crippen MR) is 82.9 cm³/mol. The lowest BCUT2D eigenvalue weighted by atomic mass is 10.1. The summed E-state index contributed by atoms with van der Waals surface area (Å²) in [5.41, 5.74) is 1.11. The van der Waals surface area contributed by atoms with Crippen molar-refractivity contribution in [3.8, 4) is 0 Å². The molecule has 1 heterocycles. The SMILES string of the molecule is CCCc1nc(NC)c(C)c(NC(CC)CCC)n1. The maximum Gasteiger partial charge on any atom is 0.134 e. The van der Waals surface area contributed by atoms with E-state index in [9.17, 15) is 0 Å². The van der Waals surface area contributed by atoms with Gasteiger partial charge in [-0.25, -0.2) is 9.97 Å². The highest BCUT2D eigenvalue weighted by atomic mass is 15.1. The van der Waals surface area contributed by atoms with Crippen LogP contribution in [0.4, 0.5) is 11.6 Å². The molecule has 0 saturated carbocycles. The molecule has 4 nitrogen and oxygen atoms in total. The number of aryl methyl sites for hydroxylation is 1. The summed E-state index contributed by atoms with van der Waals surface area (Å²) in [4.78, 5) is 9.24. The van der Waals surface area contributed by atoms with E-state index < -0.39 is 0 Å². The van der Waals surface area contributed by atoms with Gasteiger partial charge in [0, 0.05) is 25.1 Å². The summed E-state index contributed by atoms with van der Waals surface area (Å²) in [7, 11) is 1.91. The zero-order valence-corrected chi connectivity index (χ0v) is 13.0. The molecule has 2 N–H and O–H groups in total. The lowest BCUT2D eigenvalue weighted by Gasteiger charge is -2.20. The fourth-order valence-corrected chi connectivity index (χ4v) is 2.20. The number of rotatable bonds is 8. The standard InChI is InChI=1S/C15H28N4/c1-6-9-12(8-3)17-15-11(4)14(16-5)18-13(19-15)10-7-2/h12H,6-10H2,1-5H3,(H2,16,17,18,19). The minimum absolute atomic E-state index is 0.498. The smallest absolute Gasteiger partial charge is 0.134 e. The van der Waals surface area contributed by atoms with E-state index >= 15 is 0 Å². The van der Waals surface area contributed by atoms with E-state index in [0.29, 0.717) is 6.04 Å². The molecular formula is C15H28N4. The molecular weight excluding hydrogens is 236 g/mol. The Morgan fingerprint density at radius 2 is 1.74 bits per heavy atom. The van der Waals surface area contributed by atoms with Crippen LogP contribution in [0.2, 0.25) is 0 Å². The molecule has 1 rings (SSSR count). The molecule has 19 heavy (non-hydrogen) atoms. The molecule has 1 atom stereocenters. The number of hydrogen-bond acceptors (Lipinski definition) is 4. The van der Waals surface area contributed by atoms with Gasteiger partial charge in [-0.05, 0) is 26.2 Å². The summed E-state index contributed by atoms with van der Waals surface area (Å²) in [6.45, 7) is 8.67. The summed E-state index contributed by atoms with van der Waals surface area (Å²) in [5.74, 6) is 2.85. The minimum atomic E-state index is 0.498. The maximum atomic E-state index is 4.68. The van der Waals surface area contributed by atoms with Gasteiger partial charge in [0.2, 0.25) is 0 Å². The maximum absolute atomic E-state index is 4.68. The van der Waals surface area contributed by atoms with Crippen LogP contribution in [-0.2, 0) is 6.42 Å². The summed E-state index contributed by atoms with van der Waals surface area (Å²) in [5, 5.41) is 6.75. The highest BCUT2D eigenvalue weighted by Crippen LogP contribution is 2.22. The average Bonchev–Trinajstić information content (AvgIpc) is 2.41. The van der Waals surface area contributed by atoms with E-state index in [0.717, 1.165) is 42.3 Å². The third-order valence-corrected chi connectivity index (χ3v) is 3.37. The Morgan fingerprint density at radius 3 is 2.26 bits per heavy atom. The van der Waals surface area contributed by atoms with Gasteiger partial charge in [0.15, 0.2) is 0 Å². The van der Waals surface area contributed by atoms with Crippen molar-refractivity contribution >= 4 is 11.6 Å². The molecule has 0 fully saturated rings. The van der Waals surface area contributed by atoms with Crippen molar-refractivity contribution in [3.05, 3.63) is 11.4 Å². The van der Waals surface area contributed by atoms with Crippen molar-refractivity contribution in [2.24, 2.45) is 0 Å². The molecule has 0 aliphatic rings. The second-order valence-corrected chi connectivity index (χ2v) is 5.00. The Kier molecular flexibility index (Phi) is 6.60. The van der Waals surface area contributed by atoms with Gasteiger partial charge in [-0.15, -0.1) is 0 Å². The Labute approximate surface area is 117 Å². The third-order valence-electron chi connectivity index (χ3n) is 3.37. The van der Waals surface area contributed by atoms with E-state index in [1.54, 1.807) is 0 Å². The first-order valence-corrected chi connectivity index (χ1v) is 7.47. The highest BCUT2D eigenvalue weighted by molar-refractivity contribution is 5.57. The second-order valence-electron chi connectivity index (χ2n) is 5.00. The molecule has 0 aromatic carbocycles. The summed E-state index contributed by atoms with van der Waals surface area (Å²) >= 11 is 0. The third kappa shape index (κ3) is 4.37. The Morgan fingerprint density at radius 1 is 1.05 bits per heavy atom. The first-order valence-electron chi connectivity index (χ1n) is 7.47. The Bertz CT molecular complexity index is 390. The molecule has 0 bridgehead atoms. The van der Waals surface area contributed by atoms with Crippen molar-refractivity contribution in [1.82, 2.24) is 9.97 Å². The molecule has 1 aromatic rings. The molecule has 0 radical (unpaired) electrons. The minimum Gasteiger partial charge on any atom is -0.373 e. The van der Waals surface area contributed by atoms with E-state index in [-0.39, 0.29) is 0 Å². The molecule has 1 aromatic heterocycles. The van der Waals surface area contributed by atoms with E-state index in [1.807, 2.05) is 7.05 Å². The number of anilines is 2. The van der Waals surface area contributed by atoms with Crippen LogP contribution >= 0.6 is 0 Å². The van der Waals surface area contributed by atoms with Gasteiger partial charge in [0.1, 0.15) is 17.5 Å². The monoisotopic (exact) mass is 264 g/mol. The topological polar surface area (TPSA) is 49.8 Å². The fourth-order valence-electron chi connectivity index (χ4n) is 2.20. The molecule has 0 amide bonds. The van der Waals surface area contributed by atoms with Gasteiger partial charge in [0.25, 0.3) is 0 Å². The highest BCUT2D eigenvalue weighted by Gasteiger charge is 2.13. The van der Waals surface area contributed by atoms with E-state index in [2.05, 4.69) is 48.3 Å². The second kappa shape index (κ2) is 7.97. The molecule has 108 valence electrons. The van der Waals surface area contributed by atoms with Crippen molar-refractivity contribution in [1.29, 1.82) is 0 Å². The fraction of sp³-hybridized carbons (Fsp3) is 0.733. The molecule has 0 aliphatic carbocycles. The van der Waals surface area contributed by atoms with Crippen molar-refractivity contribution in [2.75, 3.05) is 17.7 Å². The average molecular weight is 264 g/mol. The van der Waals surface area contributed by atoms with Crippen LogP contribution in [-0.4, -0.2) is 23.1 Å². The zero-order valence-electron chi connectivity index (χ0n) is 13.0. The Hall–Kier alpha value is -1.32. The molecule has 0 spiro atoms. The normalized spacial score (nSPS) is 12.3. The predicted octanol–water partition coefficient (Wildman–Crippen LogP) is 3.77. The summed E-state index contributed by atoms with van der Waals surface area (Å²) in [6, 6.07) is 0.498. The van der Waals surface area contributed by atoms with Gasteiger partial charge >= 0.3 is 0 Å². The number of aromatic nitrogens is 2. The number of nitrogens with one attached hydrogen (secondary N) is 2. The van der Waals surface area contributed by atoms with E-state index in [4.69, 9.17) is 0 Å². The number of hydrogen-bond donors (Lipinski definition) is 2. The van der Waals surface area contributed by atoms with Crippen LogP contribution in [0.25, 0.3) is 0 Å². The molecule has 0 saturated heterocycles. The quantitative estimate of drug-likeness (QED) is 0.750. The van der Waals surface area contributed by atoms with Crippen LogP contribution in [0.3, 0.4) is 0 Å². The zero-order chi connectivity index (χ0) is 14.3. The van der Waals surface area contributed by atoms with Gasteiger partial charge in [-0.2, -0.15) is 0 Å². The largest absolute Gasteiger partial charge is 0.373 e. The van der Waals surface area contributed by atoms with Crippen molar-refractivity contribution in [2.45, 2.75) is 65.8 Å². The summed E-state index contributed by atoms with van der Waals surface area (Å²) < 4.78 is 0.